The Morgan fingerprint density at radius 2 is 2.16 bits per heavy atom. The maximum Gasteiger partial charge on any atom is 0.119 e. The lowest BCUT2D eigenvalue weighted by atomic mass is 10.2. The molecule has 1 aromatic heterocycles. The molecule has 0 spiro atoms. The highest BCUT2D eigenvalue weighted by Crippen LogP contribution is 2.12. The van der Waals surface area contributed by atoms with E-state index in [9.17, 15) is 0 Å². The van der Waals surface area contributed by atoms with Gasteiger partial charge in [0.25, 0.3) is 0 Å². The van der Waals surface area contributed by atoms with Crippen LogP contribution in [0.2, 0.25) is 0 Å². The SMILES string of the molecule is C=CCOc1ccc(CNCCc2cscn2)cc1. The third kappa shape index (κ3) is 4.85. The Bertz CT molecular complexity index is 479. The monoisotopic (exact) mass is 274 g/mol. The van der Waals surface area contributed by atoms with Gasteiger partial charge < -0.3 is 10.1 Å². The average Bonchev–Trinajstić information content (AvgIpc) is 2.96. The molecule has 0 amide bonds. The fourth-order valence-corrected chi connectivity index (χ4v) is 2.26. The summed E-state index contributed by atoms with van der Waals surface area (Å²) < 4.78 is 5.44. The van der Waals surface area contributed by atoms with Crippen molar-refractivity contribution in [3.05, 3.63) is 59.1 Å². The molecule has 0 fully saturated rings. The molecule has 3 nitrogen and oxygen atoms in total. The highest BCUT2D eigenvalue weighted by molar-refractivity contribution is 7.07. The number of benzene rings is 1. The number of aromatic nitrogens is 1. The van der Waals surface area contributed by atoms with Crippen LogP contribution >= 0.6 is 11.3 Å². The second-order valence-corrected chi connectivity index (χ2v) is 4.87. The summed E-state index contributed by atoms with van der Waals surface area (Å²) in [6.45, 7) is 5.98. The summed E-state index contributed by atoms with van der Waals surface area (Å²) in [5.41, 5.74) is 4.28. The lowest BCUT2D eigenvalue weighted by Gasteiger charge is -2.06. The first-order valence-electron chi connectivity index (χ1n) is 6.29. The van der Waals surface area contributed by atoms with E-state index in [-0.39, 0.29) is 0 Å². The van der Waals surface area contributed by atoms with Gasteiger partial charge in [0.05, 0.1) is 11.2 Å². The normalized spacial score (nSPS) is 10.3. The zero-order valence-electron chi connectivity index (χ0n) is 10.8. The minimum atomic E-state index is 0.547. The molecule has 0 bridgehead atoms. The Kier molecular flexibility index (Phi) is 5.59. The van der Waals surface area contributed by atoms with E-state index in [4.69, 9.17) is 4.74 Å². The Morgan fingerprint density at radius 3 is 2.84 bits per heavy atom. The van der Waals surface area contributed by atoms with E-state index in [2.05, 4.69) is 34.4 Å². The van der Waals surface area contributed by atoms with Gasteiger partial charge in [0, 0.05) is 24.9 Å². The van der Waals surface area contributed by atoms with Crippen LogP contribution in [0.5, 0.6) is 5.75 Å². The highest BCUT2D eigenvalue weighted by Gasteiger charge is 1.97. The molecule has 0 saturated carbocycles. The van der Waals surface area contributed by atoms with Gasteiger partial charge >= 0.3 is 0 Å². The van der Waals surface area contributed by atoms with Gasteiger partial charge in [-0.05, 0) is 17.7 Å². The largest absolute Gasteiger partial charge is 0.490 e. The van der Waals surface area contributed by atoms with Crippen molar-refractivity contribution in [2.24, 2.45) is 0 Å². The van der Waals surface area contributed by atoms with E-state index in [1.165, 1.54) is 5.56 Å². The second-order valence-electron chi connectivity index (χ2n) is 4.15. The smallest absolute Gasteiger partial charge is 0.119 e. The summed E-state index contributed by atoms with van der Waals surface area (Å²) >= 11 is 1.64. The number of nitrogens with zero attached hydrogens (tertiary/aromatic N) is 1. The quantitative estimate of drug-likeness (QED) is 0.593. The fraction of sp³-hybridized carbons (Fsp3) is 0.267. The van der Waals surface area contributed by atoms with Crippen LogP contribution in [0.1, 0.15) is 11.3 Å². The third-order valence-corrected chi connectivity index (χ3v) is 3.30. The van der Waals surface area contributed by atoms with Crippen molar-refractivity contribution in [2.75, 3.05) is 13.2 Å². The number of ether oxygens (including phenoxy) is 1. The summed E-state index contributed by atoms with van der Waals surface area (Å²) in [4.78, 5) is 4.25. The van der Waals surface area contributed by atoms with Crippen molar-refractivity contribution in [1.82, 2.24) is 10.3 Å². The molecular formula is C15H18N2OS. The van der Waals surface area contributed by atoms with E-state index in [0.717, 1.165) is 31.0 Å². The van der Waals surface area contributed by atoms with Gasteiger partial charge in [-0.25, -0.2) is 4.98 Å². The Labute approximate surface area is 118 Å². The Hall–Kier alpha value is -1.65. The molecular weight excluding hydrogens is 256 g/mol. The minimum Gasteiger partial charge on any atom is -0.490 e. The number of thiazole rings is 1. The van der Waals surface area contributed by atoms with Gasteiger partial charge in [-0.15, -0.1) is 11.3 Å². The molecule has 1 aromatic carbocycles. The molecule has 2 rings (SSSR count). The lowest BCUT2D eigenvalue weighted by molar-refractivity contribution is 0.363. The van der Waals surface area contributed by atoms with Gasteiger partial charge in [0.2, 0.25) is 0 Å². The van der Waals surface area contributed by atoms with Gasteiger partial charge in [-0.2, -0.15) is 0 Å². The van der Waals surface area contributed by atoms with Crippen molar-refractivity contribution in [1.29, 1.82) is 0 Å². The van der Waals surface area contributed by atoms with E-state index in [1.807, 2.05) is 17.6 Å². The highest BCUT2D eigenvalue weighted by atomic mass is 32.1. The lowest BCUT2D eigenvalue weighted by Crippen LogP contribution is -2.16. The molecule has 4 heteroatoms. The molecule has 1 N–H and O–H groups in total. The summed E-state index contributed by atoms with van der Waals surface area (Å²) in [7, 11) is 0. The second kappa shape index (κ2) is 7.71. The Balaban J connectivity index is 1.69. The van der Waals surface area contributed by atoms with E-state index < -0.39 is 0 Å². The van der Waals surface area contributed by atoms with Crippen LogP contribution in [0, 0.1) is 0 Å². The van der Waals surface area contributed by atoms with Crippen LogP contribution in [-0.4, -0.2) is 18.1 Å². The van der Waals surface area contributed by atoms with Crippen molar-refractivity contribution >= 4 is 11.3 Å². The molecule has 0 atom stereocenters. The van der Waals surface area contributed by atoms with Crippen LogP contribution in [0.3, 0.4) is 0 Å². The molecule has 19 heavy (non-hydrogen) atoms. The molecule has 0 aliphatic heterocycles. The first-order chi connectivity index (χ1) is 9.38. The zero-order chi connectivity index (χ0) is 13.3. The molecule has 0 unspecified atom stereocenters. The predicted octanol–water partition coefficient (Wildman–Crippen LogP) is 3.04. The molecule has 0 aliphatic carbocycles. The molecule has 1 heterocycles. The van der Waals surface area contributed by atoms with Crippen molar-refractivity contribution in [3.8, 4) is 5.75 Å². The van der Waals surface area contributed by atoms with Gasteiger partial charge in [-0.1, -0.05) is 24.8 Å². The topological polar surface area (TPSA) is 34.1 Å². The Morgan fingerprint density at radius 1 is 1.32 bits per heavy atom. The summed E-state index contributed by atoms with van der Waals surface area (Å²) in [5.74, 6) is 0.881. The van der Waals surface area contributed by atoms with Gasteiger partial charge in [-0.3, -0.25) is 0 Å². The summed E-state index contributed by atoms with van der Waals surface area (Å²) in [6, 6.07) is 8.13. The molecule has 2 aromatic rings. The zero-order valence-corrected chi connectivity index (χ0v) is 11.7. The van der Waals surface area contributed by atoms with E-state index in [1.54, 1.807) is 17.4 Å². The fourth-order valence-electron chi connectivity index (χ4n) is 1.67. The van der Waals surface area contributed by atoms with Crippen molar-refractivity contribution < 1.29 is 4.74 Å². The molecule has 100 valence electrons. The summed E-state index contributed by atoms with van der Waals surface area (Å²) in [5, 5.41) is 5.50. The maximum atomic E-state index is 5.44. The number of nitrogens with one attached hydrogen (secondary N) is 1. The maximum absolute atomic E-state index is 5.44. The first kappa shape index (κ1) is 13.8. The minimum absolute atomic E-state index is 0.547. The van der Waals surface area contributed by atoms with Crippen molar-refractivity contribution in [3.63, 3.8) is 0 Å². The number of rotatable bonds is 8. The van der Waals surface area contributed by atoms with Crippen molar-refractivity contribution in [2.45, 2.75) is 13.0 Å². The number of hydrogen-bond donors (Lipinski definition) is 1. The van der Waals surface area contributed by atoms with Crippen LogP contribution in [-0.2, 0) is 13.0 Å². The molecule has 0 radical (unpaired) electrons. The molecule has 0 aliphatic rings. The van der Waals surface area contributed by atoms with Gasteiger partial charge in [0.1, 0.15) is 12.4 Å². The summed E-state index contributed by atoms with van der Waals surface area (Å²) in [6.07, 6.45) is 2.72. The van der Waals surface area contributed by atoms with E-state index in [0.29, 0.717) is 6.61 Å². The standard InChI is InChI=1S/C15H18N2OS/c1-2-9-18-15-5-3-13(4-6-15)10-16-8-7-14-11-19-12-17-14/h2-6,11-12,16H,1,7-10H2. The van der Waals surface area contributed by atoms with Crippen LogP contribution in [0.4, 0.5) is 0 Å². The average molecular weight is 274 g/mol. The predicted molar refractivity (Wildman–Crippen MR) is 79.7 cm³/mol. The van der Waals surface area contributed by atoms with Crippen LogP contribution in [0.25, 0.3) is 0 Å². The third-order valence-electron chi connectivity index (χ3n) is 2.66. The van der Waals surface area contributed by atoms with Gasteiger partial charge in [0.15, 0.2) is 0 Å². The van der Waals surface area contributed by atoms with Crippen LogP contribution < -0.4 is 10.1 Å². The van der Waals surface area contributed by atoms with Crippen LogP contribution in [0.15, 0.2) is 47.8 Å². The molecule has 0 saturated heterocycles. The number of hydrogen-bond acceptors (Lipinski definition) is 4. The van der Waals surface area contributed by atoms with E-state index >= 15 is 0 Å². The first-order valence-corrected chi connectivity index (χ1v) is 7.23.